The monoisotopic (exact) mass is 388 g/mol. The van der Waals surface area contributed by atoms with Crippen LogP contribution < -0.4 is 0 Å². The molecule has 0 spiro atoms. The minimum absolute atomic E-state index is 0.672. The van der Waals surface area contributed by atoms with E-state index in [0.29, 0.717) is 11.1 Å². The summed E-state index contributed by atoms with van der Waals surface area (Å²) in [6.07, 6.45) is 10.0. The molecular formula is C28H20O2. The fraction of sp³-hybridized carbons (Fsp3) is 0. The van der Waals surface area contributed by atoms with Crippen LogP contribution in [0.3, 0.4) is 0 Å². The molecule has 0 aliphatic heterocycles. The molecule has 30 heavy (non-hydrogen) atoms. The molecule has 0 atom stereocenters. The maximum atomic E-state index is 10.8. The first-order chi connectivity index (χ1) is 14.8. The van der Waals surface area contributed by atoms with Crippen molar-refractivity contribution >= 4 is 47.6 Å². The first-order valence-electron chi connectivity index (χ1n) is 9.75. The van der Waals surface area contributed by atoms with Gasteiger partial charge in [0.05, 0.1) is 0 Å². The molecule has 0 amide bonds. The van der Waals surface area contributed by atoms with Crippen LogP contribution in [0.25, 0.3) is 35.1 Å². The number of hydrogen-bond acceptors (Lipinski definition) is 2. The van der Waals surface area contributed by atoms with Crippen molar-refractivity contribution in [3.8, 4) is 0 Å². The van der Waals surface area contributed by atoms with Gasteiger partial charge in [-0.1, -0.05) is 109 Å². The molecule has 0 aromatic heterocycles. The second kappa shape index (κ2) is 8.97. The van der Waals surface area contributed by atoms with Gasteiger partial charge in [0.2, 0.25) is 0 Å². The molecule has 0 unspecified atom stereocenters. The standard InChI is InChI=1S/C28H20O2/c29-19-23-11-7-21(8-12-23)15-17-26-5-1-3-25-4-2-6-27(28(25)26)18-16-22-9-13-24(20-30)14-10-22/h1-20H/b17-15+,18-16+. The Labute approximate surface area is 175 Å². The predicted molar refractivity (Wildman–Crippen MR) is 125 cm³/mol. The van der Waals surface area contributed by atoms with Gasteiger partial charge >= 0.3 is 0 Å². The summed E-state index contributed by atoms with van der Waals surface area (Å²) in [5.74, 6) is 0. The number of hydrogen-bond donors (Lipinski definition) is 0. The van der Waals surface area contributed by atoms with Gasteiger partial charge in [0, 0.05) is 11.1 Å². The van der Waals surface area contributed by atoms with Gasteiger partial charge in [0.25, 0.3) is 0 Å². The van der Waals surface area contributed by atoms with Gasteiger partial charge in [0.15, 0.2) is 0 Å². The van der Waals surface area contributed by atoms with E-state index in [4.69, 9.17) is 0 Å². The van der Waals surface area contributed by atoms with Gasteiger partial charge in [-0.15, -0.1) is 0 Å². The summed E-state index contributed by atoms with van der Waals surface area (Å²) < 4.78 is 0. The van der Waals surface area contributed by atoms with Crippen molar-refractivity contribution in [2.45, 2.75) is 0 Å². The third kappa shape index (κ3) is 4.34. The van der Waals surface area contributed by atoms with Crippen LogP contribution in [0.1, 0.15) is 43.0 Å². The Hall–Kier alpha value is -4.04. The first-order valence-corrected chi connectivity index (χ1v) is 9.75. The van der Waals surface area contributed by atoms with E-state index in [1.807, 2.05) is 48.5 Å². The molecule has 0 saturated heterocycles. The van der Waals surface area contributed by atoms with Gasteiger partial charge < -0.3 is 0 Å². The van der Waals surface area contributed by atoms with Gasteiger partial charge in [-0.2, -0.15) is 0 Å². The van der Waals surface area contributed by atoms with Crippen LogP contribution in [0.5, 0.6) is 0 Å². The van der Waals surface area contributed by atoms with E-state index in [0.717, 1.165) is 34.8 Å². The Morgan fingerprint density at radius 1 is 0.433 bits per heavy atom. The lowest BCUT2D eigenvalue weighted by Crippen LogP contribution is -1.84. The van der Waals surface area contributed by atoms with E-state index in [2.05, 4.69) is 60.7 Å². The topological polar surface area (TPSA) is 34.1 Å². The molecule has 0 saturated carbocycles. The zero-order valence-corrected chi connectivity index (χ0v) is 16.4. The van der Waals surface area contributed by atoms with E-state index >= 15 is 0 Å². The van der Waals surface area contributed by atoms with Gasteiger partial charge in [-0.3, -0.25) is 9.59 Å². The Morgan fingerprint density at radius 3 is 1.23 bits per heavy atom. The Bertz CT molecular complexity index is 1150. The highest BCUT2D eigenvalue weighted by Gasteiger charge is 2.03. The minimum Gasteiger partial charge on any atom is -0.298 e. The molecule has 2 heteroatoms. The average Bonchev–Trinajstić information content (AvgIpc) is 2.82. The lowest BCUT2D eigenvalue weighted by atomic mass is 9.97. The van der Waals surface area contributed by atoms with Crippen LogP contribution in [0.4, 0.5) is 0 Å². The number of fused-ring (bicyclic) bond motifs is 1. The van der Waals surface area contributed by atoms with Crippen LogP contribution in [-0.2, 0) is 0 Å². The smallest absolute Gasteiger partial charge is 0.150 e. The Balaban J connectivity index is 1.70. The first kappa shape index (κ1) is 19.3. The Kier molecular flexibility index (Phi) is 5.77. The van der Waals surface area contributed by atoms with Crippen LogP contribution in [0.15, 0.2) is 84.9 Å². The third-order valence-electron chi connectivity index (χ3n) is 5.02. The minimum atomic E-state index is 0.672. The molecule has 0 aliphatic carbocycles. The normalized spacial score (nSPS) is 11.3. The highest BCUT2D eigenvalue weighted by atomic mass is 16.1. The summed E-state index contributed by atoms with van der Waals surface area (Å²) >= 11 is 0. The molecule has 144 valence electrons. The molecule has 0 fully saturated rings. The fourth-order valence-electron chi connectivity index (χ4n) is 3.42. The van der Waals surface area contributed by atoms with Crippen molar-refractivity contribution in [1.82, 2.24) is 0 Å². The lowest BCUT2D eigenvalue weighted by Gasteiger charge is -2.07. The quantitative estimate of drug-likeness (QED) is 0.269. The number of carbonyl (C=O) groups excluding carboxylic acids is 2. The summed E-state index contributed by atoms with van der Waals surface area (Å²) in [6.45, 7) is 0. The van der Waals surface area contributed by atoms with Gasteiger partial charge in [-0.25, -0.2) is 0 Å². The maximum absolute atomic E-state index is 10.8. The molecule has 0 radical (unpaired) electrons. The van der Waals surface area contributed by atoms with Crippen molar-refractivity contribution in [2.24, 2.45) is 0 Å². The van der Waals surface area contributed by atoms with Crippen molar-refractivity contribution in [2.75, 3.05) is 0 Å². The molecule has 0 bridgehead atoms. The average molecular weight is 388 g/mol. The second-order valence-electron chi connectivity index (χ2n) is 7.03. The molecule has 4 rings (SSSR count). The van der Waals surface area contributed by atoms with E-state index in [-0.39, 0.29) is 0 Å². The van der Waals surface area contributed by atoms with Crippen molar-refractivity contribution in [3.05, 3.63) is 118 Å². The van der Waals surface area contributed by atoms with Crippen molar-refractivity contribution in [3.63, 3.8) is 0 Å². The van der Waals surface area contributed by atoms with E-state index < -0.39 is 0 Å². The van der Waals surface area contributed by atoms with Crippen LogP contribution in [0.2, 0.25) is 0 Å². The van der Waals surface area contributed by atoms with E-state index in [1.54, 1.807) is 0 Å². The van der Waals surface area contributed by atoms with Gasteiger partial charge in [-0.05, 0) is 33.0 Å². The van der Waals surface area contributed by atoms with Gasteiger partial charge in [0.1, 0.15) is 12.6 Å². The summed E-state index contributed by atoms with van der Waals surface area (Å²) in [6, 6.07) is 27.6. The zero-order chi connectivity index (χ0) is 20.8. The second-order valence-corrected chi connectivity index (χ2v) is 7.03. The number of carbonyl (C=O) groups is 2. The maximum Gasteiger partial charge on any atom is 0.150 e. The highest BCUT2D eigenvalue weighted by molar-refractivity contribution is 6.00. The number of rotatable bonds is 6. The van der Waals surface area contributed by atoms with Crippen molar-refractivity contribution < 1.29 is 9.59 Å². The number of benzene rings is 4. The Morgan fingerprint density at radius 2 is 0.833 bits per heavy atom. The molecule has 0 heterocycles. The van der Waals surface area contributed by atoms with Crippen LogP contribution in [0, 0.1) is 0 Å². The molecular weight excluding hydrogens is 368 g/mol. The molecule has 0 N–H and O–H groups in total. The SMILES string of the molecule is O=Cc1ccc(/C=C/c2cccc3cccc(/C=C/c4ccc(C=O)cc4)c23)cc1. The summed E-state index contributed by atoms with van der Waals surface area (Å²) in [5, 5.41) is 2.36. The fourth-order valence-corrected chi connectivity index (χ4v) is 3.42. The number of aldehydes is 2. The van der Waals surface area contributed by atoms with Crippen molar-refractivity contribution in [1.29, 1.82) is 0 Å². The summed E-state index contributed by atoms with van der Waals surface area (Å²) in [7, 11) is 0. The van der Waals surface area contributed by atoms with Crippen LogP contribution >= 0.6 is 0 Å². The zero-order valence-electron chi connectivity index (χ0n) is 16.4. The third-order valence-corrected chi connectivity index (χ3v) is 5.02. The molecule has 0 aliphatic rings. The largest absolute Gasteiger partial charge is 0.298 e. The highest BCUT2D eigenvalue weighted by Crippen LogP contribution is 2.26. The summed E-state index contributed by atoms with van der Waals surface area (Å²) in [5.41, 5.74) is 5.69. The molecule has 4 aromatic rings. The summed E-state index contributed by atoms with van der Waals surface area (Å²) in [4.78, 5) is 21.7. The van der Waals surface area contributed by atoms with E-state index in [1.165, 1.54) is 10.8 Å². The lowest BCUT2D eigenvalue weighted by molar-refractivity contribution is 0.111. The van der Waals surface area contributed by atoms with E-state index in [9.17, 15) is 9.59 Å². The molecule has 2 nitrogen and oxygen atoms in total. The predicted octanol–water partition coefficient (Wildman–Crippen LogP) is 6.81. The molecule has 4 aromatic carbocycles. The van der Waals surface area contributed by atoms with Crippen LogP contribution in [-0.4, -0.2) is 12.6 Å².